The quantitative estimate of drug-likeness (QED) is 0.624. The Morgan fingerprint density at radius 1 is 1.08 bits per heavy atom. The number of aryl methyl sites for hydroxylation is 1. The van der Waals surface area contributed by atoms with Crippen molar-refractivity contribution in [3.63, 3.8) is 0 Å². The van der Waals surface area contributed by atoms with Crippen LogP contribution in [0.3, 0.4) is 0 Å². The fourth-order valence-electron chi connectivity index (χ4n) is 2.25. The molecule has 0 aliphatic heterocycles. The Morgan fingerprint density at radius 3 is 2.50 bits per heavy atom. The number of rotatable bonds is 3. The van der Waals surface area contributed by atoms with Crippen LogP contribution in [0.2, 0.25) is 10.0 Å². The predicted octanol–water partition coefficient (Wildman–Crippen LogP) is 5.95. The van der Waals surface area contributed by atoms with Crippen LogP contribution in [0.4, 0.5) is 10.1 Å². The maximum absolute atomic E-state index is 13.0. The second-order valence-electron chi connectivity index (χ2n) is 5.17. The van der Waals surface area contributed by atoms with Crippen molar-refractivity contribution in [2.24, 2.45) is 0 Å². The monoisotopic (exact) mass is 363 g/mol. The van der Waals surface area contributed by atoms with Gasteiger partial charge in [-0.05, 0) is 55.5 Å². The third kappa shape index (κ3) is 3.45. The van der Waals surface area contributed by atoms with E-state index in [2.05, 4.69) is 5.32 Å². The molecule has 122 valence electrons. The first-order valence-corrected chi connectivity index (χ1v) is 7.82. The van der Waals surface area contributed by atoms with Crippen LogP contribution in [0.5, 0.6) is 0 Å². The first-order chi connectivity index (χ1) is 11.4. The van der Waals surface area contributed by atoms with Crippen molar-refractivity contribution < 1.29 is 13.6 Å². The van der Waals surface area contributed by atoms with E-state index in [1.807, 2.05) is 0 Å². The molecule has 0 radical (unpaired) electrons. The molecule has 0 saturated heterocycles. The second kappa shape index (κ2) is 6.67. The predicted molar refractivity (Wildman–Crippen MR) is 93.3 cm³/mol. The van der Waals surface area contributed by atoms with Crippen LogP contribution in [0, 0.1) is 12.7 Å². The fourth-order valence-corrected chi connectivity index (χ4v) is 2.58. The molecule has 3 nitrogen and oxygen atoms in total. The summed E-state index contributed by atoms with van der Waals surface area (Å²) in [6.45, 7) is 1.68. The zero-order valence-corrected chi connectivity index (χ0v) is 14.1. The minimum absolute atomic E-state index is 0.337. The number of hydrogen-bond donors (Lipinski definition) is 1. The van der Waals surface area contributed by atoms with Crippen molar-refractivity contribution in [2.45, 2.75) is 6.92 Å². The van der Waals surface area contributed by atoms with Crippen LogP contribution in [-0.2, 0) is 0 Å². The molecule has 6 heteroatoms. The maximum atomic E-state index is 13.0. The van der Waals surface area contributed by atoms with Crippen LogP contribution >= 0.6 is 23.2 Å². The van der Waals surface area contributed by atoms with E-state index in [1.165, 1.54) is 12.1 Å². The first-order valence-electron chi connectivity index (χ1n) is 7.07. The van der Waals surface area contributed by atoms with Gasteiger partial charge in [-0.1, -0.05) is 23.2 Å². The van der Waals surface area contributed by atoms with E-state index in [9.17, 15) is 9.18 Å². The highest BCUT2D eigenvalue weighted by molar-refractivity contribution is 6.35. The molecule has 3 rings (SSSR count). The van der Waals surface area contributed by atoms with E-state index >= 15 is 0 Å². The van der Waals surface area contributed by atoms with Gasteiger partial charge in [0.25, 0.3) is 5.91 Å². The molecule has 0 aliphatic rings. The molecule has 1 N–H and O–H groups in total. The average Bonchev–Trinajstić information content (AvgIpc) is 2.93. The number of benzene rings is 2. The van der Waals surface area contributed by atoms with Crippen LogP contribution in [0.25, 0.3) is 11.3 Å². The van der Waals surface area contributed by atoms with Gasteiger partial charge >= 0.3 is 0 Å². The molecule has 1 amide bonds. The van der Waals surface area contributed by atoms with Gasteiger partial charge in [0.1, 0.15) is 17.3 Å². The van der Waals surface area contributed by atoms with Gasteiger partial charge in [-0.2, -0.15) is 0 Å². The number of nitrogens with one attached hydrogen (secondary N) is 1. The lowest BCUT2D eigenvalue weighted by atomic mass is 10.1. The minimum Gasteiger partial charge on any atom is -0.461 e. The van der Waals surface area contributed by atoms with E-state index < -0.39 is 0 Å². The van der Waals surface area contributed by atoms with Crippen molar-refractivity contribution in [3.8, 4) is 11.3 Å². The third-order valence-electron chi connectivity index (χ3n) is 3.47. The molecular weight excluding hydrogens is 352 g/mol. The van der Waals surface area contributed by atoms with Crippen LogP contribution in [-0.4, -0.2) is 5.91 Å². The molecule has 0 aliphatic carbocycles. The van der Waals surface area contributed by atoms with Crippen molar-refractivity contribution in [2.75, 3.05) is 5.32 Å². The molecule has 1 heterocycles. The van der Waals surface area contributed by atoms with Crippen molar-refractivity contribution in [3.05, 3.63) is 75.7 Å². The van der Waals surface area contributed by atoms with Crippen LogP contribution < -0.4 is 5.32 Å². The highest BCUT2D eigenvalue weighted by Gasteiger charge is 2.17. The fraction of sp³-hybridized carbons (Fsp3) is 0.0556. The highest BCUT2D eigenvalue weighted by atomic mass is 35.5. The highest BCUT2D eigenvalue weighted by Crippen LogP contribution is 2.29. The topological polar surface area (TPSA) is 42.2 Å². The zero-order valence-electron chi connectivity index (χ0n) is 12.6. The van der Waals surface area contributed by atoms with Gasteiger partial charge < -0.3 is 9.73 Å². The number of hydrogen-bond acceptors (Lipinski definition) is 2. The average molecular weight is 364 g/mol. The summed E-state index contributed by atoms with van der Waals surface area (Å²) in [4.78, 5) is 12.5. The van der Waals surface area contributed by atoms with Crippen LogP contribution in [0.15, 0.2) is 52.9 Å². The second-order valence-corrected chi connectivity index (χ2v) is 6.01. The van der Waals surface area contributed by atoms with Gasteiger partial charge in [-0.3, -0.25) is 4.79 Å². The Morgan fingerprint density at radius 2 is 1.79 bits per heavy atom. The summed E-state index contributed by atoms with van der Waals surface area (Å²) >= 11 is 12.0. The standard InChI is InChI=1S/C18H12Cl2FNO2/c1-10-14(9-17(24-10)11-2-5-13(21)6-3-11)18(23)22-16-8-12(19)4-7-15(16)20/h2-9H,1H3,(H,22,23). The molecular formula is C18H12Cl2FNO2. The molecule has 0 bridgehead atoms. The van der Waals surface area contributed by atoms with Crippen LogP contribution in [0.1, 0.15) is 16.1 Å². The van der Waals surface area contributed by atoms with E-state index in [4.69, 9.17) is 27.6 Å². The zero-order chi connectivity index (χ0) is 17.3. The Bertz CT molecular complexity index is 904. The summed E-state index contributed by atoms with van der Waals surface area (Å²) < 4.78 is 18.6. The van der Waals surface area contributed by atoms with Gasteiger partial charge in [0, 0.05) is 10.6 Å². The summed E-state index contributed by atoms with van der Waals surface area (Å²) in [7, 11) is 0. The number of carbonyl (C=O) groups is 1. The van der Waals surface area contributed by atoms with E-state index in [1.54, 1.807) is 43.3 Å². The summed E-state index contributed by atoms with van der Waals surface area (Å²) in [6.07, 6.45) is 0. The Hall–Kier alpha value is -2.30. The summed E-state index contributed by atoms with van der Waals surface area (Å²) in [6, 6.07) is 12.2. The van der Waals surface area contributed by atoms with Gasteiger partial charge in [-0.25, -0.2) is 4.39 Å². The van der Waals surface area contributed by atoms with Gasteiger partial charge in [0.15, 0.2) is 0 Å². The molecule has 2 aromatic carbocycles. The molecule has 1 aromatic heterocycles. The minimum atomic E-state index is -0.367. The smallest absolute Gasteiger partial charge is 0.259 e. The summed E-state index contributed by atoms with van der Waals surface area (Å²) in [5.41, 5.74) is 1.46. The largest absolute Gasteiger partial charge is 0.461 e. The molecule has 0 fully saturated rings. The van der Waals surface area contributed by atoms with Crippen molar-refractivity contribution >= 4 is 34.8 Å². The van der Waals surface area contributed by atoms with Crippen molar-refractivity contribution in [1.82, 2.24) is 0 Å². The molecule has 0 unspecified atom stereocenters. The molecule has 24 heavy (non-hydrogen) atoms. The molecule has 0 spiro atoms. The number of halogens is 3. The molecule has 0 saturated carbocycles. The number of furan rings is 1. The number of amides is 1. The van der Waals surface area contributed by atoms with Crippen molar-refractivity contribution in [1.29, 1.82) is 0 Å². The van der Waals surface area contributed by atoms with Gasteiger partial charge in [0.2, 0.25) is 0 Å². The lowest BCUT2D eigenvalue weighted by Crippen LogP contribution is -2.12. The number of anilines is 1. The number of carbonyl (C=O) groups excluding carboxylic acids is 1. The van der Waals surface area contributed by atoms with Gasteiger partial charge in [0.05, 0.1) is 16.3 Å². The Balaban J connectivity index is 1.88. The molecule has 3 aromatic rings. The maximum Gasteiger partial charge on any atom is 0.259 e. The lowest BCUT2D eigenvalue weighted by molar-refractivity contribution is 0.102. The third-order valence-corrected chi connectivity index (χ3v) is 4.03. The van der Waals surface area contributed by atoms with E-state index in [0.29, 0.717) is 38.4 Å². The Kier molecular flexibility index (Phi) is 4.60. The molecule has 0 atom stereocenters. The first kappa shape index (κ1) is 16.6. The summed E-state index contributed by atoms with van der Waals surface area (Å²) in [5, 5.41) is 3.55. The normalized spacial score (nSPS) is 10.7. The SMILES string of the molecule is Cc1oc(-c2ccc(F)cc2)cc1C(=O)Nc1cc(Cl)ccc1Cl. The van der Waals surface area contributed by atoms with E-state index in [-0.39, 0.29) is 11.7 Å². The Labute approximate surface area is 148 Å². The summed E-state index contributed by atoms with van der Waals surface area (Å²) in [5.74, 6) is 0.226. The van der Waals surface area contributed by atoms with Gasteiger partial charge in [-0.15, -0.1) is 0 Å². The van der Waals surface area contributed by atoms with E-state index in [0.717, 1.165) is 0 Å². The lowest BCUT2D eigenvalue weighted by Gasteiger charge is -2.06.